The average molecular weight is 363 g/mol. The van der Waals surface area contributed by atoms with Gasteiger partial charge in [-0.1, -0.05) is 30.3 Å². The van der Waals surface area contributed by atoms with E-state index in [4.69, 9.17) is 14.2 Å². The molecule has 0 bridgehead atoms. The van der Waals surface area contributed by atoms with Crippen LogP contribution in [0.25, 0.3) is 0 Å². The first-order valence-electron chi connectivity index (χ1n) is 9.14. The molecule has 0 spiro atoms. The molecule has 6 nitrogen and oxygen atoms in total. The highest BCUT2D eigenvalue weighted by molar-refractivity contribution is 5.91. The summed E-state index contributed by atoms with van der Waals surface area (Å²) in [5.74, 6) is 0.0122. The quantitative estimate of drug-likeness (QED) is 0.623. The van der Waals surface area contributed by atoms with Crippen molar-refractivity contribution in [3.63, 3.8) is 0 Å². The highest BCUT2D eigenvalue weighted by Crippen LogP contribution is 2.39. The molecule has 0 fully saturated rings. The summed E-state index contributed by atoms with van der Waals surface area (Å²) in [6.07, 6.45) is 2.75. The Bertz CT molecular complexity index is 575. The molecular weight excluding hydrogens is 334 g/mol. The molecule has 26 heavy (non-hydrogen) atoms. The number of hydrogen-bond acceptors (Lipinski definition) is 5. The molecular formula is C20H29NO5. The molecule has 0 unspecified atom stereocenters. The predicted molar refractivity (Wildman–Crippen MR) is 98.5 cm³/mol. The highest BCUT2D eigenvalue weighted by atomic mass is 16.7. The van der Waals surface area contributed by atoms with Gasteiger partial charge >= 0.3 is 0 Å². The summed E-state index contributed by atoms with van der Waals surface area (Å²) in [7, 11) is 1.59. The SMILES string of the molecule is CCO[C@H]1OC(C(=O)NCCOC)=C[C@@H](c2ccccc2)[C@@H]1CCCO. The second-order valence-corrected chi connectivity index (χ2v) is 6.19. The number of methoxy groups -OCH3 is 1. The summed E-state index contributed by atoms with van der Waals surface area (Å²) in [4.78, 5) is 12.5. The predicted octanol–water partition coefficient (Wildman–Crippen LogP) is 2.20. The van der Waals surface area contributed by atoms with Crippen LogP contribution in [0.1, 0.15) is 31.2 Å². The number of aliphatic hydroxyl groups excluding tert-OH is 1. The zero-order chi connectivity index (χ0) is 18.8. The molecule has 0 radical (unpaired) electrons. The maximum atomic E-state index is 12.5. The average Bonchev–Trinajstić information content (AvgIpc) is 2.67. The summed E-state index contributed by atoms with van der Waals surface area (Å²) in [5, 5.41) is 12.1. The highest BCUT2D eigenvalue weighted by Gasteiger charge is 2.37. The third kappa shape index (κ3) is 5.56. The molecule has 1 aliphatic rings. The van der Waals surface area contributed by atoms with Gasteiger partial charge in [-0.3, -0.25) is 4.79 Å². The van der Waals surface area contributed by atoms with Crippen LogP contribution < -0.4 is 5.32 Å². The number of hydrogen-bond donors (Lipinski definition) is 2. The van der Waals surface area contributed by atoms with E-state index in [2.05, 4.69) is 5.32 Å². The molecule has 1 heterocycles. The van der Waals surface area contributed by atoms with Gasteiger partial charge in [-0.15, -0.1) is 0 Å². The lowest BCUT2D eigenvalue weighted by molar-refractivity contribution is -0.166. The van der Waals surface area contributed by atoms with Crippen LogP contribution in [0.4, 0.5) is 0 Å². The number of aliphatic hydroxyl groups is 1. The van der Waals surface area contributed by atoms with Gasteiger partial charge in [-0.2, -0.15) is 0 Å². The molecule has 1 amide bonds. The van der Waals surface area contributed by atoms with Crippen molar-refractivity contribution in [1.29, 1.82) is 0 Å². The molecule has 2 N–H and O–H groups in total. The molecule has 3 atom stereocenters. The van der Waals surface area contributed by atoms with E-state index in [0.29, 0.717) is 26.2 Å². The largest absolute Gasteiger partial charge is 0.459 e. The van der Waals surface area contributed by atoms with E-state index >= 15 is 0 Å². The third-order valence-corrected chi connectivity index (χ3v) is 4.41. The maximum Gasteiger partial charge on any atom is 0.286 e. The van der Waals surface area contributed by atoms with Crippen LogP contribution in [-0.2, 0) is 19.0 Å². The monoisotopic (exact) mass is 363 g/mol. The topological polar surface area (TPSA) is 77.0 Å². The van der Waals surface area contributed by atoms with E-state index in [-0.39, 0.29) is 30.1 Å². The maximum absolute atomic E-state index is 12.5. The van der Waals surface area contributed by atoms with Gasteiger partial charge in [0.05, 0.1) is 6.61 Å². The number of nitrogens with one attached hydrogen (secondary N) is 1. The minimum Gasteiger partial charge on any atom is -0.459 e. The van der Waals surface area contributed by atoms with E-state index in [9.17, 15) is 9.90 Å². The fraction of sp³-hybridized carbons (Fsp3) is 0.550. The van der Waals surface area contributed by atoms with Crippen LogP contribution in [0.2, 0.25) is 0 Å². The Balaban J connectivity index is 2.28. The fourth-order valence-electron chi connectivity index (χ4n) is 3.17. The van der Waals surface area contributed by atoms with E-state index in [0.717, 1.165) is 12.0 Å². The van der Waals surface area contributed by atoms with Gasteiger partial charge in [0.1, 0.15) is 0 Å². The summed E-state index contributed by atoms with van der Waals surface area (Å²) in [5.41, 5.74) is 1.10. The molecule has 0 saturated heterocycles. The van der Waals surface area contributed by atoms with E-state index in [1.807, 2.05) is 43.3 Å². The lowest BCUT2D eigenvalue weighted by atomic mass is 9.80. The van der Waals surface area contributed by atoms with Crippen molar-refractivity contribution in [3.05, 3.63) is 47.7 Å². The van der Waals surface area contributed by atoms with Crippen LogP contribution in [-0.4, -0.2) is 50.8 Å². The Morgan fingerprint density at radius 1 is 1.31 bits per heavy atom. The smallest absolute Gasteiger partial charge is 0.286 e. The number of allylic oxidation sites excluding steroid dienone is 1. The second kappa shape index (κ2) is 11.0. The normalized spacial score (nSPS) is 22.4. The van der Waals surface area contributed by atoms with Crippen molar-refractivity contribution in [2.24, 2.45) is 5.92 Å². The zero-order valence-electron chi connectivity index (χ0n) is 15.5. The molecule has 1 aliphatic heterocycles. The van der Waals surface area contributed by atoms with Gasteiger partial charge in [0, 0.05) is 38.7 Å². The van der Waals surface area contributed by atoms with Crippen molar-refractivity contribution in [1.82, 2.24) is 5.32 Å². The van der Waals surface area contributed by atoms with Crippen LogP contribution in [0, 0.1) is 5.92 Å². The number of carbonyl (C=O) groups is 1. The molecule has 144 valence electrons. The van der Waals surface area contributed by atoms with Gasteiger partial charge < -0.3 is 24.6 Å². The van der Waals surface area contributed by atoms with Gasteiger partial charge in [0.2, 0.25) is 6.29 Å². The van der Waals surface area contributed by atoms with Crippen molar-refractivity contribution < 1.29 is 24.1 Å². The van der Waals surface area contributed by atoms with Crippen LogP contribution in [0.15, 0.2) is 42.2 Å². The molecule has 0 aliphatic carbocycles. The first-order chi connectivity index (χ1) is 12.7. The Hall–Kier alpha value is -1.89. The molecule has 0 saturated carbocycles. The number of carbonyl (C=O) groups excluding carboxylic acids is 1. The number of benzene rings is 1. The van der Waals surface area contributed by atoms with Crippen LogP contribution in [0.5, 0.6) is 0 Å². The summed E-state index contributed by atoms with van der Waals surface area (Å²) >= 11 is 0. The van der Waals surface area contributed by atoms with Crippen LogP contribution in [0.3, 0.4) is 0 Å². The summed E-state index contributed by atoms with van der Waals surface area (Å²) in [6, 6.07) is 10.0. The van der Waals surface area contributed by atoms with E-state index < -0.39 is 6.29 Å². The minimum absolute atomic E-state index is 0.0174. The molecule has 0 aromatic heterocycles. The van der Waals surface area contributed by atoms with Gasteiger partial charge in [-0.25, -0.2) is 0 Å². The van der Waals surface area contributed by atoms with E-state index in [1.165, 1.54) is 0 Å². The van der Waals surface area contributed by atoms with Crippen molar-refractivity contribution in [2.45, 2.75) is 32.0 Å². The third-order valence-electron chi connectivity index (χ3n) is 4.41. The first kappa shape index (κ1) is 20.4. The molecule has 1 aromatic rings. The lowest BCUT2D eigenvalue weighted by Gasteiger charge is -2.37. The van der Waals surface area contributed by atoms with Crippen LogP contribution >= 0.6 is 0 Å². The Labute approximate surface area is 155 Å². The standard InChI is InChI=1S/C20H29NO5/c1-3-25-20-16(10-7-12-22)17(15-8-5-4-6-9-15)14-18(26-20)19(23)21-11-13-24-2/h4-6,8-9,14,16-17,20,22H,3,7,10-13H2,1-2H3,(H,21,23)/t16-,17-,20-/m0/s1. The van der Waals surface area contributed by atoms with Crippen molar-refractivity contribution in [3.8, 4) is 0 Å². The van der Waals surface area contributed by atoms with Gasteiger partial charge in [0.15, 0.2) is 5.76 Å². The van der Waals surface area contributed by atoms with E-state index in [1.54, 1.807) is 7.11 Å². The van der Waals surface area contributed by atoms with Crippen molar-refractivity contribution in [2.75, 3.05) is 33.5 Å². The number of amides is 1. The Kier molecular flexibility index (Phi) is 8.61. The lowest BCUT2D eigenvalue weighted by Crippen LogP contribution is -2.39. The molecule has 6 heteroatoms. The molecule has 2 rings (SSSR count). The minimum atomic E-state index is -0.523. The number of ether oxygens (including phenoxy) is 3. The summed E-state index contributed by atoms with van der Waals surface area (Å²) in [6.45, 7) is 3.36. The zero-order valence-corrected chi connectivity index (χ0v) is 15.5. The van der Waals surface area contributed by atoms with Gasteiger partial charge in [-0.05, 0) is 31.4 Å². The van der Waals surface area contributed by atoms with Gasteiger partial charge in [0.25, 0.3) is 5.91 Å². The fourth-order valence-corrected chi connectivity index (χ4v) is 3.17. The molecule has 1 aromatic carbocycles. The van der Waals surface area contributed by atoms with Crippen molar-refractivity contribution >= 4 is 5.91 Å². The number of rotatable bonds is 10. The Morgan fingerprint density at radius 3 is 2.73 bits per heavy atom. The second-order valence-electron chi connectivity index (χ2n) is 6.19. The Morgan fingerprint density at radius 2 is 2.08 bits per heavy atom. The summed E-state index contributed by atoms with van der Waals surface area (Å²) < 4.78 is 16.7. The first-order valence-corrected chi connectivity index (χ1v) is 9.14.